The van der Waals surface area contributed by atoms with E-state index in [1.807, 2.05) is 42.5 Å². The fraction of sp³-hybridized carbons (Fsp3) is 0.0370. The lowest BCUT2D eigenvalue weighted by molar-refractivity contribution is -0.110. The molecule has 0 spiro atoms. The maximum atomic E-state index is 12.7. The second kappa shape index (κ2) is 8.24. The van der Waals surface area contributed by atoms with Crippen LogP contribution in [0.4, 0.5) is 5.69 Å². The fourth-order valence-corrected chi connectivity index (χ4v) is 4.43. The molecule has 168 valence electrons. The first-order valence-corrected chi connectivity index (χ1v) is 10.9. The van der Waals surface area contributed by atoms with Crippen molar-refractivity contribution in [3.8, 4) is 28.0 Å². The molecule has 7 heteroatoms. The first kappa shape index (κ1) is 21.6. The third-order valence-corrected chi connectivity index (χ3v) is 6.29. The lowest BCUT2D eigenvalue weighted by Gasteiger charge is -2.10. The van der Waals surface area contributed by atoms with Gasteiger partial charge in [-0.25, -0.2) is 4.79 Å². The number of nitrogens with one attached hydrogen (secondary N) is 1. The predicted molar refractivity (Wildman–Crippen MR) is 133 cm³/mol. The van der Waals surface area contributed by atoms with Gasteiger partial charge in [0.05, 0.1) is 16.3 Å². The summed E-state index contributed by atoms with van der Waals surface area (Å²) in [6, 6.07) is 21.5. The van der Waals surface area contributed by atoms with Gasteiger partial charge in [0, 0.05) is 29.4 Å². The van der Waals surface area contributed by atoms with Crippen LogP contribution in [0.15, 0.2) is 72.8 Å². The van der Waals surface area contributed by atoms with Crippen molar-refractivity contribution in [3.05, 3.63) is 94.8 Å². The zero-order valence-electron chi connectivity index (χ0n) is 18.0. The molecule has 4 aromatic rings. The highest BCUT2D eigenvalue weighted by Gasteiger charge is 2.26. The Balaban J connectivity index is 1.55. The van der Waals surface area contributed by atoms with Gasteiger partial charge in [0.2, 0.25) is 0 Å². The van der Waals surface area contributed by atoms with E-state index in [0.29, 0.717) is 27.5 Å². The number of para-hydroxylation sites is 1. The summed E-state index contributed by atoms with van der Waals surface area (Å²) in [6.45, 7) is 0. The molecule has 6 nitrogen and oxygen atoms in total. The maximum Gasteiger partial charge on any atom is 0.352 e. The summed E-state index contributed by atoms with van der Waals surface area (Å²) in [5.41, 5.74) is 5.66. The zero-order chi connectivity index (χ0) is 24.0. The van der Waals surface area contributed by atoms with Crippen molar-refractivity contribution >= 4 is 40.8 Å². The molecule has 0 unspecified atom stereocenters. The largest absolute Gasteiger partial charge is 0.507 e. The van der Waals surface area contributed by atoms with Crippen LogP contribution in [0.25, 0.3) is 33.9 Å². The van der Waals surface area contributed by atoms with Gasteiger partial charge in [-0.05, 0) is 47.5 Å². The number of fused-ring (bicyclic) bond motifs is 1. The Morgan fingerprint density at radius 1 is 0.941 bits per heavy atom. The average Bonchev–Trinajstić information content (AvgIpc) is 3.33. The van der Waals surface area contributed by atoms with E-state index in [4.69, 9.17) is 11.6 Å². The van der Waals surface area contributed by atoms with E-state index in [1.54, 1.807) is 37.4 Å². The van der Waals surface area contributed by atoms with Gasteiger partial charge in [0.1, 0.15) is 11.4 Å². The summed E-state index contributed by atoms with van der Waals surface area (Å²) in [5, 5.41) is 22.7. The highest BCUT2D eigenvalue weighted by molar-refractivity contribution is 6.38. The number of aromatic nitrogens is 1. The number of aromatic hydroxyl groups is 1. The third-order valence-electron chi connectivity index (χ3n) is 5.97. The van der Waals surface area contributed by atoms with E-state index in [2.05, 4.69) is 5.32 Å². The molecular formula is C27H19ClN2O4. The number of nitrogens with zero attached hydrogens (tertiary/aromatic N) is 1. The van der Waals surface area contributed by atoms with Crippen LogP contribution in [0.2, 0.25) is 5.02 Å². The van der Waals surface area contributed by atoms with Crippen LogP contribution in [0.1, 0.15) is 21.7 Å². The second-order valence-corrected chi connectivity index (χ2v) is 8.40. The summed E-state index contributed by atoms with van der Waals surface area (Å²) >= 11 is 6.56. The summed E-state index contributed by atoms with van der Waals surface area (Å²) in [6.07, 6.45) is 1.67. The van der Waals surface area contributed by atoms with Gasteiger partial charge in [-0.3, -0.25) is 4.79 Å². The van der Waals surface area contributed by atoms with Crippen LogP contribution in [0.3, 0.4) is 0 Å². The van der Waals surface area contributed by atoms with Crippen LogP contribution in [0.5, 0.6) is 5.75 Å². The third kappa shape index (κ3) is 3.64. The number of rotatable bonds is 4. The van der Waals surface area contributed by atoms with Crippen LogP contribution in [0, 0.1) is 0 Å². The minimum Gasteiger partial charge on any atom is -0.507 e. The van der Waals surface area contributed by atoms with Gasteiger partial charge in [-0.15, -0.1) is 0 Å². The molecule has 0 saturated heterocycles. The van der Waals surface area contributed by atoms with Crippen molar-refractivity contribution in [2.45, 2.75) is 0 Å². The molecule has 0 bridgehead atoms. The molecule has 0 aliphatic carbocycles. The molecule has 0 atom stereocenters. The quantitative estimate of drug-likeness (QED) is 0.323. The molecule has 5 rings (SSSR count). The number of carboxylic acid groups (broad SMARTS) is 1. The summed E-state index contributed by atoms with van der Waals surface area (Å²) in [5.74, 6) is -1.11. The van der Waals surface area contributed by atoms with Crippen molar-refractivity contribution in [3.63, 3.8) is 0 Å². The predicted octanol–water partition coefficient (Wildman–Crippen LogP) is 5.91. The Morgan fingerprint density at radius 3 is 2.26 bits per heavy atom. The number of phenolic OH excluding ortho intramolecular Hbond substituents is 1. The number of aromatic carboxylic acids is 1. The molecular weight excluding hydrogens is 452 g/mol. The Hall–Kier alpha value is -4.29. The number of carboxylic acids is 1. The maximum absolute atomic E-state index is 12.7. The molecule has 3 N–H and O–H groups in total. The van der Waals surface area contributed by atoms with E-state index >= 15 is 0 Å². The molecule has 0 saturated carbocycles. The second-order valence-electron chi connectivity index (χ2n) is 7.99. The number of phenols is 1. The highest BCUT2D eigenvalue weighted by Crippen LogP contribution is 2.41. The Morgan fingerprint density at radius 2 is 1.62 bits per heavy atom. The van der Waals surface area contributed by atoms with Crippen LogP contribution >= 0.6 is 11.6 Å². The van der Waals surface area contributed by atoms with Gasteiger partial charge in [0.15, 0.2) is 0 Å². The van der Waals surface area contributed by atoms with Crippen LogP contribution < -0.4 is 5.32 Å². The van der Waals surface area contributed by atoms with E-state index in [-0.39, 0.29) is 17.4 Å². The summed E-state index contributed by atoms with van der Waals surface area (Å²) in [4.78, 5) is 24.1. The van der Waals surface area contributed by atoms with E-state index in [1.165, 1.54) is 10.6 Å². The van der Waals surface area contributed by atoms with E-state index < -0.39 is 5.97 Å². The topological polar surface area (TPSA) is 91.6 Å². The van der Waals surface area contributed by atoms with Crippen molar-refractivity contribution < 1.29 is 19.8 Å². The summed E-state index contributed by atoms with van der Waals surface area (Å²) in [7, 11) is 1.64. The van der Waals surface area contributed by atoms with Gasteiger partial charge in [-0.1, -0.05) is 54.1 Å². The highest BCUT2D eigenvalue weighted by atomic mass is 35.5. The van der Waals surface area contributed by atoms with Crippen molar-refractivity contribution in [1.82, 2.24) is 4.57 Å². The molecule has 1 amide bonds. The standard InChI is InChI=1S/C27H19ClN2O4/c1-30-17(10-11-24(30)27(33)34)12-21-20-13-19(22(28)14-23(20)29-26(21)32)16-8-6-15(7-9-16)18-4-2-3-5-25(18)31/h2-14,31H,1H3,(H,29,32)(H,33,34). The fourth-order valence-electron chi connectivity index (χ4n) is 4.16. The molecule has 0 radical (unpaired) electrons. The van der Waals surface area contributed by atoms with Crippen molar-refractivity contribution in [1.29, 1.82) is 0 Å². The Labute approximate surface area is 200 Å². The smallest absolute Gasteiger partial charge is 0.352 e. The minimum absolute atomic E-state index is 0.131. The zero-order valence-corrected chi connectivity index (χ0v) is 18.8. The molecule has 2 heterocycles. The SMILES string of the molecule is Cn1c(C=C2C(=O)Nc3cc(Cl)c(-c4ccc(-c5ccccc5O)cc4)cc32)ccc1C(=O)O. The molecule has 1 aliphatic rings. The lowest BCUT2D eigenvalue weighted by atomic mass is 9.96. The van der Waals surface area contributed by atoms with Gasteiger partial charge in [0.25, 0.3) is 5.91 Å². The first-order valence-electron chi connectivity index (χ1n) is 10.5. The number of carbonyl (C=O) groups excluding carboxylic acids is 1. The number of carbonyl (C=O) groups is 2. The lowest BCUT2D eigenvalue weighted by Crippen LogP contribution is -2.06. The normalized spacial score (nSPS) is 13.7. The number of hydrogen-bond donors (Lipinski definition) is 3. The minimum atomic E-state index is -1.04. The Kier molecular flexibility index (Phi) is 5.23. The monoisotopic (exact) mass is 470 g/mol. The summed E-state index contributed by atoms with van der Waals surface area (Å²) < 4.78 is 1.52. The number of amides is 1. The van der Waals surface area contributed by atoms with E-state index in [9.17, 15) is 19.8 Å². The van der Waals surface area contributed by atoms with Gasteiger partial charge >= 0.3 is 5.97 Å². The van der Waals surface area contributed by atoms with Crippen molar-refractivity contribution in [2.24, 2.45) is 7.05 Å². The molecule has 3 aromatic carbocycles. The number of benzene rings is 3. The molecule has 0 fully saturated rings. The van der Waals surface area contributed by atoms with Gasteiger partial charge in [-0.2, -0.15) is 0 Å². The number of halogens is 1. The van der Waals surface area contributed by atoms with Gasteiger partial charge < -0.3 is 20.1 Å². The van der Waals surface area contributed by atoms with Crippen LogP contribution in [-0.2, 0) is 11.8 Å². The molecule has 1 aromatic heterocycles. The van der Waals surface area contributed by atoms with Crippen LogP contribution in [-0.4, -0.2) is 26.7 Å². The van der Waals surface area contributed by atoms with E-state index in [0.717, 1.165) is 22.3 Å². The van der Waals surface area contributed by atoms with Crippen molar-refractivity contribution in [2.75, 3.05) is 5.32 Å². The Bertz CT molecular complexity index is 1500. The number of hydrogen-bond acceptors (Lipinski definition) is 3. The first-order chi connectivity index (χ1) is 16.3. The molecule has 34 heavy (non-hydrogen) atoms. The number of anilines is 1. The average molecular weight is 471 g/mol. The molecule has 1 aliphatic heterocycles.